The number of carbonyl (C=O) groups is 2. The van der Waals surface area contributed by atoms with Crippen LogP contribution in [-0.2, 0) is 4.79 Å². The van der Waals surface area contributed by atoms with Crippen LogP contribution in [0.4, 0.5) is 17.6 Å². The van der Waals surface area contributed by atoms with Crippen molar-refractivity contribution in [2.45, 2.75) is 88.6 Å². The van der Waals surface area contributed by atoms with E-state index in [2.05, 4.69) is 35.5 Å². The van der Waals surface area contributed by atoms with Crippen molar-refractivity contribution in [3.8, 4) is 0 Å². The summed E-state index contributed by atoms with van der Waals surface area (Å²) in [5.74, 6) is -6.63. The summed E-state index contributed by atoms with van der Waals surface area (Å²) in [5, 5.41) is 13.1. The molecule has 9 nitrogen and oxygen atoms in total. The Balaban J connectivity index is 1.24. The van der Waals surface area contributed by atoms with Crippen LogP contribution in [-0.4, -0.2) is 43.9 Å². The smallest absolute Gasteiger partial charge is 0.276 e. The number of aromatic amines is 1. The Labute approximate surface area is 233 Å². The van der Waals surface area contributed by atoms with Gasteiger partial charge < -0.3 is 15.6 Å². The van der Waals surface area contributed by atoms with E-state index in [-0.39, 0.29) is 67.3 Å². The summed E-state index contributed by atoms with van der Waals surface area (Å²) < 4.78 is 59.9. The average Bonchev–Trinajstić information content (AvgIpc) is 3.49. The molecule has 0 unspecified atom stereocenters. The maximum atomic E-state index is 14.4. The van der Waals surface area contributed by atoms with Gasteiger partial charge in [-0.15, -0.1) is 0 Å². The molecule has 3 aliphatic rings. The Kier molecular flexibility index (Phi) is 7.01. The zero-order valence-electron chi connectivity index (χ0n) is 22.6. The van der Waals surface area contributed by atoms with E-state index in [9.17, 15) is 27.2 Å². The van der Waals surface area contributed by atoms with Gasteiger partial charge in [-0.05, 0) is 73.2 Å². The topological polar surface area (TPSA) is 126 Å². The number of hydrogen-bond donors (Lipinski definition) is 3. The van der Waals surface area contributed by atoms with E-state index in [4.69, 9.17) is 0 Å². The number of nitrogens with zero attached hydrogens (tertiary/aromatic N) is 3. The summed E-state index contributed by atoms with van der Waals surface area (Å²) in [4.78, 5) is 33.6. The molecule has 0 bridgehead atoms. The summed E-state index contributed by atoms with van der Waals surface area (Å²) in [7, 11) is 0. The van der Waals surface area contributed by atoms with Gasteiger partial charge in [-0.3, -0.25) is 9.59 Å². The van der Waals surface area contributed by atoms with Gasteiger partial charge in [0.25, 0.3) is 5.91 Å². The number of hydrogen-bond acceptors (Lipinski definition) is 6. The maximum absolute atomic E-state index is 14.4. The molecule has 0 radical (unpaired) electrons. The number of imidazole rings is 1. The minimum absolute atomic E-state index is 0.0235. The Hall–Kier alpha value is -3.51. The summed E-state index contributed by atoms with van der Waals surface area (Å²) in [6, 6.07) is 4.42. The van der Waals surface area contributed by atoms with E-state index in [0.29, 0.717) is 29.7 Å². The lowest BCUT2D eigenvalue weighted by Gasteiger charge is -2.34. The zero-order valence-corrected chi connectivity index (χ0v) is 22.6. The second-order valence-corrected chi connectivity index (χ2v) is 12.0. The number of aryl methyl sites for hydroxylation is 1. The quantitative estimate of drug-likeness (QED) is 0.287. The van der Waals surface area contributed by atoms with Crippen LogP contribution in [0.2, 0.25) is 0 Å². The Morgan fingerprint density at radius 1 is 1.02 bits per heavy atom. The molecule has 13 heteroatoms. The monoisotopic (exact) mass is 576 g/mol. The number of aromatic nitrogens is 4. The van der Waals surface area contributed by atoms with Gasteiger partial charge in [0.05, 0.1) is 23.1 Å². The largest absolute Gasteiger partial charge is 0.349 e. The number of alkyl halides is 4. The summed E-state index contributed by atoms with van der Waals surface area (Å²) in [6.07, 6.45) is 1.67. The molecule has 3 saturated carbocycles. The summed E-state index contributed by atoms with van der Waals surface area (Å²) in [6.45, 7) is 1.56. The molecule has 41 heavy (non-hydrogen) atoms. The Morgan fingerprint density at radius 3 is 2.46 bits per heavy atom. The lowest BCUT2D eigenvalue weighted by atomic mass is 9.79. The van der Waals surface area contributed by atoms with Gasteiger partial charge in [-0.25, -0.2) is 27.2 Å². The van der Waals surface area contributed by atoms with Crippen LogP contribution in [0.15, 0.2) is 22.8 Å². The van der Waals surface area contributed by atoms with E-state index in [1.165, 1.54) is 0 Å². The SMILES string of the molecule is Cc1nonc1C(=O)N[C@H](c1nc2ccc([C@H](NC(=O)CC3CC(F)(F)C3)C3CC3)cc2[nH]1)[C@H]1CCCC(F)(F)C1. The van der Waals surface area contributed by atoms with Crippen molar-refractivity contribution in [1.29, 1.82) is 0 Å². The number of H-pyrrole nitrogens is 1. The highest BCUT2D eigenvalue weighted by atomic mass is 19.3. The fourth-order valence-corrected chi connectivity index (χ4v) is 6.27. The van der Waals surface area contributed by atoms with E-state index in [1.807, 2.05) is 12.1 Å². The number of carbonyl (C=O) groups excluding carboxylic acids is 2. The molecular weight excluding hydrogens is 544 g/mol. The number of fused-ring (bicyclic) bond motifs is 1. The number of halogens is 4. The predicted molar refractivity (Wildman–Crippen MR) is 138 cm³/mol. The lowest BCUT2D eigenvalue weighted by Crippen LogP contribution is -2.39. The van der Waals surface area contributed by atoms with Crippen molar-refractivity contribution in [1.82, 2.24) is 30.9 Å². The van der Waals surface area contributed by atoms with Crippen LogP contribution < -0.4 is 10.6 Å². The number of amides is 2. The van der Waals surface area contributed by atoms with E-state index >= 15 is 0 Å². The molecule has 0 saturated heterocycles. The van der Waals surface area contributed by atoms with Gasteiger partial charge in [0.15, 0.2) is 5.69 Å². The molecular formula is C28H32F4N6O3. The second-order valence-electron chi connectivity index (χ2n) is 12.0. The third-order valence-electron chi connectivity index (χ3n) is 8.54. The summed E-state index contributed by atoms with van der Waals surface area (Å²) >= 11 is 0. The van der Waals surface area contributed by atoms with Gasteiger partial charge in [0.2, 0.25) is 17.8 Å². The predicted octanol–water partition coefficient (Wildman–Crippen LogP) is 5.55. The molecule has 3 aliphatic carbocycles. The van der Waals surface area contributed by atoms with Crippen LogP contribution in [0.3, 0.4) is 0 Å². The number of benzene rings is 1. The molecule has 3 fully saturated rings. The first kappa shape index (κ1) is 27.6. The minimum Gasteiger partial charge on any atom is -0.349 e. The fourth-order valence-electron chi connectivity index (χ4n) is 6.27. The highest BCUT2D eigenvalue weighted by Crippen LogP contribution is 2.46. The molecule has 220 valence electrons. The number of nitrogens with one attached hydrogen (secondary N) is 3. The van der Waals surface area contributed by atoms with Crippen molar-refractivity contribution < 1.29 is 31.8 Å². The minimum atomic E-state index is -2.85. The molecule has 3 atom stereocenters. The average molecular weight is 577 g/mol. The van der Waals surface area contributed by atoms with Crippen molar-refractivity contribution in [3.63, 3.8) is 0 Å². The first-order valence-corrected chi connectivity index (χ1v) is 14.1. The van der Waals surface area contributed by atoms with Crippen molar-refractivity contribution in [2.75, 3.05) is 0 Å². The molecule has 3 N–H and O–H groups in total. The van der Waals surface area contributed by atoms with Gasteiger partial charge in [0.1, 0.15) is 11.5 Å². The maximum Gasteiger partial charge on any atom is 0.276 e. The molecule has 6 rings (SSSR count). The highest BCUT2D eigenvalue weighted by molar-refractivity contribution is 5.93. The Morgan fingerprint density at radius 2 is 1.80 bits per heavy atom. The van der Waals surface area contributed by atoms with E-state index < -0.39 is 29.7 Å². The number of rotatable bonds is 9. The van der Waals surface area contributed by atoms with Gasteiger partial charge >= 0.3 is 0 Å². The second kappa shape index (κ2) is 10.4. The normalized spacial score (nSPS) is 23.5. The molecule has 2 heterocycles. The molecule has 2 aromatic heterocycles. The zero-order chi connectivity index (χ0) is 28.9. The van der Waals surface area contributed by atoms with Crippen molar-refractivity contribution in [2.24, 2.45) is 17.8 Å². The van der Waals surface area contributed by atoms with Gasteiger partial charge in [-0.1, -0.05) is 11.2 Å². The fraction of sp³-hybridized carbons (Fsp3) is 0.607. The third-order valence-corrected chi connectivity index (χ3v) is 8.54. The van der Waals surface area contributed by atoms with Crippen LogP contribution in [0.1, 0.15) is 97.4 Å². The van der Waals surface area contributed by atoms with Crippen molar-refractivity contribution >= 4 is 22.8 Å². The molecule has 3 aromatic rings. The van der Waals surface area contributed by atoms with Crippen LogP contribution >= 0.6 is 0 Å². The standard InChI is InChI=1S/C28H32F4N6O3/c1-14-22(38-41-37-14)26(40)36-24(18-3-2-8-27(29,30)13-18)25-33-19-7-6-17(10-20(19)34-25)23(16-4-5-16)35-21(39)9-15-11-28(31,32)12-15/h6-7,10,15-16,18,23-24H,2-5,8-9,11-13H2,1H3,(H,33,34)(H,35,39)(H,36,40)/t18-,23+,24-/m0/s1. The van der Waals surface area contributed by atoms with E-state index in [0.717, 1.165) is 18.4 Å². The molecule has 1 aromatic carbocycles. The van der Waals surface area contributed by atoms with Gasteiger partial charge in [0, 0.05) is 32.1 Å². The van der Waals surface area contributed by atoms with E-state index in [1.54, 1.807) is 13.0 Å². The van der Waals surface area contributed by atoms with Gasteiger partial charge in [-0.2, -0.15) is 0 Å². The lowest BCUT2D eigenvalue weighted by molar-refractivity contribution is -0.134. The van der Waals surface area contributed by atoms with Crippen molar-refractivity contribution in [3.05, 3.63) is 41.0 Å². The van der Waals surface area contributed by atoms with Crippen LogP contribution in [0, 0.1) is 24.7 Å². The summed E-state index contributed by atoms with van der Waals surface area (Å²) in [5.41, 5.74) is 2.32. The van der Waals surface area contributed by atoms with Crippen LogP contribution in [0.25, 0.3) is 11.0 Å². The third kappa shape index (κ3) is 6.08. The highest BCUT2D eigenvalue weighted by Gasteiger charge is 2.46. The molecule has 0 spiro atoms. The Bertz CT molecular complexity index is 1440. The van der Waals surface area contributed by atoms with Crippen LogP contribution in [0.5, 0.6) is 0 Å². The molecule has 2 amide bonds. The first-order chi connectivity index (χ1) is 19.5. The first-order valence-electron chi connectivity index (χ1n) is 14.1. The molecule has 0 aliphatic heterocycles.